The third kappa shape index (κ3) is 2.51. The van der Waals surface area contributed by atoms with Gasteiger partial charge in [0.05, 0.1) is 18.1 Å². The third-order valence-corrected chi connectivity index (χ3v) is 7.56. The molecular weight excluding hydrogens is 360 g/mol. The topological polar surface area (TPSA) is 55.0 Å². The lowest BCUT2D eigenvalue weighted by Crippen LogP contribution is -2.32. The average molecular weight is 386 g/mol. The number of aromatic nitrogens is 2. The zero-order valence-corrected chi connectivity index (χ0v) is 17.4. The van der Waals surface area contributed by atoms with Crippen LogP contribution in [0.3, 0.4) is 0 Å². The molecule has 4 heteroatoms. The van der Waals surface area contributed by atoms with E-state index in [1.54, 1.807) is 7.11 Å². The van der Waals surface area contributed by atoms with Crippen molar-refractivity contribution in [3.8, 4) is 17.1 Å². The monoisotopic (exact) mass is 386 g/mol. The molecule has 2 saturated carbocycles. The number of hydrogen-bond acceptors (Lipinski definition) is 3. The summed E-state index contributed by atoms with van der Waals surface area (Å²) in [5, 5.41) is 0. The van der Waals surface area contributed by atoms with Crippen LogP contribution in [-0.4, -0.2) is 22.9 Å². The van der Waals surface area contributed by atoms with Crippen LogP contribution in [0.15, 0.2) is 48.0 Å². The minimum Gasteiger partial charge on any atom is -0.497 e. The van der Waals surface area contributed by atoms with E-state index in [9.17, 15) is 4.79 Å². The summed E-state index contributed by atoms with van der Waals surface area (Å²) in [5.41, 5.74) is 4.80. The van der Waals surface area contributed by atoms with Crippen LogP contribution in [0.4, 0.5) is 0 Å². The van der Waals surface area contributed by atoms with E-state index in [-0.39, 0.29) is 10.8 Å². The number of aromatic amines is 1. The first-order chi connectivity index (χ1) is 13.8. The fourth-order valence-electron chi connectivity index (χ4n) is 5.26. The number of fused-ring (bicyclic) bond motifs is 3. The van der Waals surface area contributed by atoms with E-state index >= 15 is 0 Å². The van der Waals surface area contributed by atoms with Crippen molar-refractivity contribution in [3.05, 3.63) is 53.6 Å². The van der Waals surface area contributed by atoms with Gasteiger partial charge in [0.2, 0.25) is 0 Å². The first kappa shape index (κ1) is 18.2. The van der Waals surface area contributed by atoms with Crippen LogP contribution >= 0.6 is 0 Å². The molecule has 2 unspecified atom stereocenters. The molecule has 3 aromatic rings. The van der Waals surface area contributed by atoms with Crippen molar-refractivity contribution in [2.75, 3.05) is 7.11 Å². The fourth-order valence-corrected chi connectivity index (χ4v) is 5.26. The Morgan fingerprint density at radius 1 is 1.14 bits per heavy atom. The molecule has 0 spiro atoms. The molecule has 1 heterocycles. The summed E-state index contributed by atoms with van der Waals surface area (Å²) in [5.74, 6) is 2.33. The van der Waals surface area contributed by atoms with Crippen molar-refractivity contribution in [2.24, 2.45) is 16.7 Å². The first-order valence-electron chi connectivity index (χ1n) is 10.2. The predicted molar refractivity (Wildman–Crippen MR) is 116 cm³/mol. The number of rotatable bonds is 3. The Morgan fingerprint density at radius 3 is 2.55 bits per heavy atom. The quantitative estimate of drug-likeness (QED) is 0.592. The number of nitrogens with zero attached hydrogens (tertiary/aromatic N) is 1. The Bertz CT molecular complexity index is 1150. The van der Waals surface area contributed by atoms with Crippen molar-refractivity contribution in [1.29, 1.82) is 0 Å². The Morgan fingerprint density at radius 2 is 1.90 bits per heavy atom. The van der Waals surface area contributed by atoms with Crippen LogP contribution in [0.5, 0.6) is 5.75 Å². The van der Waals surface area contributed by atoms with Gasteiger partial charge in [-0.15, -0.1) is 0 Å². The van der Waals surface area contributed by atoms with Gasteiger partial charge in [0, 0.05) is 17.0 Å². The Balaban J connectivity index is 1.46. The Labute approximate surface area is 171 Å². The summed E-state index contributed by atoms with van der Waals surface area (Å²) in [4.78, 5) is 21.1. The van der Waals surface area contributed by atoms with E-state index in [4.69, 9.17) is 9.72 Å². The van der Waals surface area contributed by atoms with Gasteiger partial charge in [-0.05, 0) is 53.5 Å². The number of methoxy groups -OCH3 is 1. The summed E-state index contributed by atoms with van der Waals surface area (Å²) in [7, 11) is 1.66. The molecule has 29 heavy (non-hydrogen) atoms. The van der Waals surface area contributed by atoms with Gasteiger partial charge in [-0.3, -0.25) is 4.79 Å². The first-order valence-corrected chi connectivity index (χ1v) is 10.2. The van der Waals surface area contributed by atoms with Crippen LogP contribution < -0.4 is 4.74 Å². The lowest BCUT2D eigenvalue weighted by atomic mass is 9.70. The van der Waals surface area contributed by atoms with Gasteiger partial charge in [0.1, 0.15) is 11.6 Å². The lowest BCUT2D eigenvalue weighted by molar-refractivity contribution is -0.125. The van der Waals surface area contributed by atoms with Crippen molar-refractivity contribution >= 4 is 22.9 Å². The molecule has 5 rings (SSSR count). The summed E-state index contributed by atoms with van der Waals surface area (Å²) < 4.78 is 5.28. The summed E-state index contributed by atoms with van der Waals surface area (Å²) in [6, 6.07) is 14.1. The van der Waals surface area contributed by atoms with Gasteiger partial charge < -0.3 is 9.72 Å². The lowest BCUT2D eigenvalue weighted by Gasteiger charge is -2.31. The molecular formula is C25H26N2O2. The number of benzene rings is 2. The summed E-state index contributed by atoms with van der Waals surface area (Å²) in [6.07, 6.45) is 4.23. The third-order valence-electron chi connectivity index (χ3n) is 7.56. The second-order valence-electron chi connectivity index (χ2n) is 9.16. The molecule has 2 aromatic carbocycles. The van der Waals surface area contributed by atoms with Crippen molar-refractivity contribution in [2.45, 2.75) is 33.6 Å². The van der Waals surface area contributed by atoms with Crippen LogP contribution in [0.1, 0.15) is 39.2 Å². The van der Waals surface area contributed by atoms with E-state index in [0.29, 0.717) is 11.7 Å². The van der Waals surface area contributed by atoms with E-state index in [1.807, 2.05) is 18.2 Å². The molecule has 2 atom stereocenters. The SMILES string of the molecule is COc1ccc2[nH]c(-c3ccc(C=C4C(=O)C5(C)CCC4C5(C)C)cc3)nc2c1. The highest BCUT2D eigenvalue weighted by atomic mass is 16.5. The number of H-pyrrole nitrogens is 1. The molecule has 0 aliphatic heterocycles. The standard InChI is InChI=1S/C25H26N2O2/c1-24(2)19-11-12-25(24,3)22(28)18(19)13-15-5-7-16(8-6-15)23-26-20-10-9-17(29-4)14-21(20)27-23/h5-10,13-14,19H,11-12H2,1-4H3,(H,26,27). The minimum atomic E-state index is -0.210. The van der Waals surface area contributed by atoms with Crippen molar-refractivity contribution in [3.63, 3.8) is 0 Å². The Hall–Kier alpha value is -2.88. The van der Waals surface area contributed by atoms with E-state index in [2.05, 4.69) is 56.1 Å². The van der Waals surface area contributed by atoms with Gasteiger partial charge in [0.25, 0.3) is 0 Å². The van der Waals surface area contributed by atoms with Crippen molar-refractivity contribution < 1.29 is 9.53 Å². The summed E-state index contributed by atoms with van der Waals surface area (Å²) in [6.45, 7) is 6.65. The highest BCUT2D eigenvalue weighted by Crippen LogP contribution is 2.65. The number of carbonyl (C=O) groups excluding carboxylic acids is 1. The normalized spacial score (nSPS) is 26.6. The maximum Gasteiger partial charge on any atom is 0.165 e. The minimum absolute atomic E-state index is 0.0468. The van der Waals surface area contributed by atoms with E-state index in [1.165, 1.54) is 0 Å². The van der Waals surface area contributed by atoms with E-state index < -0.39 is 0 Å². The average Bonchev–Trinajstić information content (AvgIpc) is 3.28. The van der Waals surface area contributed by atoms with Gasteiger partial charge in [-0.2, -0.15) is 0 Å². The number of ketones is 1. The smallest absolute Gasteiger partial charge is 0.165 e. The number of ether oxygens (including phenoxy) is 1. The molecule has 1 N–H and O–H groups in total. The molecule has 4 nitrogen and oxygen atoms in total. The molecule has 2 aliphatic carbocycles. The van der Waals surface area contributed by atoms with Gasteiger partial charge in [0.15, 0.2) is 5.78 Å². The fraction of sp³-hybridized carbons (Fsp3) is 0.360. The molecule has 2 bridgehead atoms. The number of nitrogens with one attached hydrogen (secondary N) is 1. The molecule has 1 aromatic heterocycles. The number of hydrogen-bond donors (Lipinski definition) is 1. The van der Waals surface area contributed by atoms with Crippen LogP contribution in [0.25, 0.3) is 28.5 Å². The molecule has 0 amide bonds. The largest absolute Gasteiger partial charge is 0.497 e. The molecule has 148 valence electrons. The zero-order valence-electron chi connectivity index (χ0n) is 17.4. The molecule has 0 saturated heterocycles. The summed E-state index contributed by atoms with van der Waals surface area (Å²) >= 11 is 0. The maximum atomic E-state index is 13.1. The highest BCUT2D eigenvalue weighted by molar-refractivity contribution is 6.08. The molecule has 0 radical (unpaired) electrons. The van der Waals surface area contributed by atoms with Crippen LogP contribution in [0.2, 0.25) is 0 Å². The van der Waals surface area contributed by atoms with Gasteiger partial charge in [-0.1, -0.05) is 45.0 Å². The van der Waals surface area contributed by atoms with E-state index in [0.717, 1.165) is 52.1 Å². The van der Waals surface area contributed by atoms with Crippen molar-refractivity contribution in [1.82, 2.24) is 9.97 Å². The number of allylic oxidation sites excluding steroid dienone is 1. The maximum absolute atomic E-state index is 13.1. The predicted octanol–water partition coefficient (Wildman–Crippen LogP) is 5.65. The van der Waals surface area contributed by atoms with Gasteiger partial charge in [-0.25, -0.2) is 4.98 Å². The van der Waals surface area contributed by atoms with Crippen LogP contribution in [-0.2, 0) is 4.79 Å². The van der Waals surface area contributed by atoms with Gasteiger partial charge >= 0.3 is 0 Å². The number of imidazole rings is 1. The van der Waals surface area contributed by atoms with Crippen LogP contribution in [0, 0.1) is 16.7 Å². The second-order valence-corrected chi connectivity index (χ2v) is 9.16. The second kappa shape index (κ2) is 6.06. The zero-order chi connectivity index (χ0) is 20.4. The molecule has 2 aliphatic rings. The number of Topliss-reactive ketones (excluding diaryl/α,β-unsaturated/α-hetero) is 1. The highest BCUT2D eigenvalue weighted by Gasteiger charge is 2.63. The number of carbonyl (C=O) groups is 1. The molecule has 2 fully saturated rings. The Kier molecular flexibility index (Phi) is 3.79.